The Labute approximate surface area is 220 Å². The van der Waals surface area contributed by atoms with Gasteiger partial charge in [-0.3, -0.25) is 19.0 Å². The molecule has 0 saturated heterocycles. The molecule has 4 aromatic rings. The number of benzene rings is 2. The van der Waals surface area contributed by atoms with E-state index in [1.54, 1.807) is 22.8 Å². The molecule has 0 unspecified atom stereocenters. The maximum Gasteiger partial charge on any atom is 0.262 e. The highest BCUT2D eigenvalue weighted by Crippen LogP contribution is 2.26. The molecular weight excluding hydrogens is 484 g/mol. The largest absolute Gasteiger partial charge is 0.358 e. The van der Waals surface area contributed by atoms with Gasteiger partial charge in [-0.15, -0.1) is 0 Å². The zero-order chi connectivity index (χ0) is 26.1. The molecule has 0 atom stereocenters. The highest BCUT2D eigenvalue weighted by Gasteiger charge is 2.21. The molecule has 8 heteroatoms. The summed E-state index contributed by atoms with van der Waals surface area (Å²) < 4.78 is 1.66. The molecule has 1 aliphatic rings. The Morgan fingerprint density at radius 3 is 2.65 bits per heavy atom. The minimum Gasteiger partial charge on any atom is -0.358 e. The summed E-state index contributed by atoms with van der Waals surface area (Å²) in [4.78, 5) is 47.7. The molecule has 37 heavy (non-hydrogen) atoms. The number of hydrogen-bond donors (Lipinski definition) is 2. The predicted molar refractivity (Wildman–Crippen MR) is 149 cm³/mol. The smallest absolute Gasteiger partial charge is 0.262 e. The molecular formula is C29H32N4O3S. The zero-order valence-electron chi connectivity index (χ0n) is 21.5. The van der Waals surface area contributed by atoms with Crippen LogP contribution in [-0.2, 0) is 6.54 Å². The van der Waals surface area contributed by atoms with E-state index in [9.17, 15) is 14.4 Å². The number of hydrogen-bond acceptors (Lipinski definition) is 5. The minimum atomic E-state index is -0.153. The van der Waals surface area contributed by atoms with E-state index in [1.165, 1.54) is 11.8 Å². The van der Waals surface area contributed by atoms with Crippen molar-refractivity contribution in [3.63, 3.8) is 0 Å². The van der Waals surface area contributed by atoms with Crippen LogP contribution in [-0.4, -0.2) is 38.0 Å². The highest BCUT2D eigenvalue weighted by molar-refractivity contribution is 7.99. The molecule has 5 rings (SSSR count). The fraction of sp³-hybridized carbons (Fsp3) is 0.379. The lowest BCUT2D eigenvalue weighted by atomic mass is 10.1. The molecule has 2 N–H and O–H groups in total. The number of aromatic nitrogens is 3. The average molecular weight is 517 g/mol. The Hall–Kier alpha value is -3.39. The lowest BCUT2D eigenvalue weighted by Crippen LogP contribution is -2.32. The van der Waals surface area contributed by atoms with E-state index in [2.05, 4.69) is 10.3 Å². The van der Waals surface area contributed by atoms with Crippen molar-refractivity contribution >= 4 is 45.3 Å². The van der Waals surface area contributed by atoms with Gasteiger partial charge in [0, 0.05) is 40.3 Å². The molecule has 2 aromatic heterocycles. The van der Waals surface area contributed by atoms with Gasteiger partial charge in [0.05, 0.1) is 16.7 Å². The van der Waals surface area contributed by atoms with Gasteiger partial charge in [-0.1, -0.05) is 56.7 Å². The third-order valence-electron chi connectivity index (χ3n) is 6.93. The molecule has 0 radical (unpaired) electrons. The first-order valence-corrected chi connectivity index (χ1v) is 13.9. The molecule has 7 nitrogen and oxygen atoms in total. The number of amides is 1. The number of ketones is 1. The number of thioether (sulfide) groups is 1. The van der Waals surface area contributed by atoms with Crippen molar-refractivity contribution in [1.82, 2.24) is 19.9 Å². The maximum atomic E-state index is 13.5. The van der Waals surface area contributed by atoms with Crippen molar-refractivity contribution < 1.29 is 9.59 Å². The van der Waals surface area contributed by atoms with Crippen LogP contribution in [0.2, 0.25) is 0 Å². The number of H-pyrrole nitrogens is 1. The summed E-state index contributed by atoms with van der Waals surface area (Å²) in [7, 11) is 0. The van der Waals surface area contributed by atoms with Crippen molar-refractivity contribution in [1.29, 1.82) is 0 Å². The van der Waals surface area contributed by atoms with Gasteiger partial charge in [-0.2, -0.15) is 0 Å². The molecule has 192 valence electrons. The lowest BCUT2D eigenvalue weighted by Gasteiger charge is -2.16. The van der Waals surface area contributed by atoms with Crippen LogP contribution < -0.4 is 10.9 Å². The van der Waals surface area contributed by atoms with E-state index in [1.807, 2.05) is 45.0 Å². The van der Waals surface area contributed by atoms with Crippen molar-refractivity contribution in [3.05, 3.63) is 69.6 Å². The van der Waals surface area contributed by atoms with Gasteiger partial charge in [-0.05, 0) is 49.9 Å². The van der Waals surface area contributed by atoms with Crippen LogP contribution in [0.15, 0.2) is 52.4 Å². The lowest BCUT2D eigenvalue weighted by molar-refractivity contribution is 0.0937. The highest BCUT2D eigenvalue weighted by atomic mass is 32.2. The number of nitrogens with zero attached hydrogens (tertiary/aromatic N) is 2. The summed E-state index contributed by atoms with van der Waals surface area (Å²) in [5.74, 6) is 0.219. The Kier molecular flexibility index (Phi) is 7.20. The van der Waals surface area contributed by atoms with E-state index in [-0.39, 0.29) is 35.0 Å². The van der Waals surface area contributed by atoms with Crippen LogP contribution in [0.4, 0.5) is 0 Å². The predicted octanol–water partition coefficient (Wildman–Crippen LogP) is 5.49. The van der Waals surface area contributed by atoms with Gasteiger partial charge in [0.15, 0.2) is 10.9 Å². The van der Waals surface area contributed by atoms with Crippen LogP contribution in [0, 0.1) is 12.8 Å². The number of carbonyl (C=O) groups excluding carboxylic acids is 2. The van der Waals surface area contributed by atoms with Crippen LogP contribution in [0.5, 0.6) is 0 Å². The summed E-state index contributed by atoms with van der Waals surface area (Å²) in [5.41, 5.74) is 3.25. The second kappa shape index (κ2) is 10.5. The Balaban J connectivity index is 1.46. The van der Waals surface area contributed by atoms with E-state index < -0.39 is 0 Å². The topological polar surface area (TPSA) is 96.8 Å². The van der Waals surface area contributed by atoms with Crippen molar-refractivity contribution in [3.8, 4) is 0 Å². The summed E-state index contributed by atoms with van der Waals surface area (Å²) >= 11 is 1.27. The Bertz CT molecular complexity index is 1550. The fourth-order valence-electron chi connectivity index (χ4n) is 5.16. The summed E-state index contributed by atoms with van der Waals surface area (Å²) in [6, 6.07) is 13.1. The molecule has 0 spiro atoms. The molecule has 0 aliphatic heterocycles. The van der Waals surface area contributed by atoms with E-state index >= 15 is 0 Å². The molecule has 2 aromatic carbocycles. The SMILES string of the molecule is Cc1[nH]c2ccccc2c1C(=O)CSc1nc2cc(C(=O)NC3CCCC3)ccc2c(=O)n1CC(C)C. The number of para-hydroxylation sites is 1. The summed E-state index contributed by atoms with van der Waals surface area (Å²) in [6.45, 7) is 6.48. The minimum absolute atomic E-state index is 0.0184. The van der Waals surface area contributed by atoms with E-state index in [4.69, 9.17) is 4.98 Å². The van der Waals surface area contributed by atoms with Crippen molar-refractivity contribution in [2.75, 3.05) is 5.75 Å². The van der Waals surface area contributed by atoms with Crippen LogP contribution in [0.1, 0.15) is 65.9 Å². The monoisotopic (exact) mass is 516 g/mol. The molecule has 1 amide bonds. The number of rotatable bonds is 8. The average Bonchev–Trinajstić information content (AvgIpc) is 3.50. The fourth-order valence-corrected chi connectivity index (χ4v) is 6.04. The second-order valence-electron chi connectivity index (χ2n) is 10.3. The van der Waals surface area contributed by atoms with Crippen molar-refractivity contribution in [2.24, 2.45) is 5.92 Å². The van der Waals surface area contributed by atoms with Gasteiger partial charge in [-0.25, -0.2) is 4.98 Å². The van der Waals surface area contributed by atoms with E-state index in [0.29, 0.717) is 33.7 Å². The van der Waals surface area contributed by atoms with Crippen molar-refractivity contribution in [2.45, 2.75) is 64.2 Å². The molecule has 1 aliphatic carbocycles. The zero-order valence-corrected chi connectivity index (χ0v) is 22.3. The number of fused-ring (bicyclic) bond motifs is 2. The Morgan fingerprint density at radius 1 is 1.14 bits per heavy atom. The van der Waals surface area contributed by atoms with Crippen LogP contribution in [0.25, 0.3) is 21.8 Å². The second-order valence-corrected chi connectivity index (χ2v) is 11.2. The first-order valence-electron chi connectivity index (χ1n) is 12.9. The maximum absolute atomic E-state index is 13.5. The standard InChI is InChI=1S/C29H32N4O3S/c1-17(2)15-33-28(36)22-13-12-19(27(35)31-20-8-4-5-9-20)14-24(22)32-29(33)37-16-25(34)26-18(3)30-23-11-7-6-10-21(23)26/h6-7,10-14,17,20,30H,4-5,8-9,15-16H2,1-3H3,(H,31,35). The third-order valence-corrected chi connectivity index (χ3v) is 7.90. The third kappa shape index (κ3) is 5.21. The number of aromatic amines is 1. The van der Waals surface area contributed by atoms with Gasteiger partial charge in [0.2, 0.25) is 0 Å². The quantitative estimate of drug-likeness (QED) is 0.183. The van der Waals surface area contributed by atoms with Crippen LogP contribution >= 0.6 is 11.8 Å². The number of nitrogens with one attached hydrogen (secondary N) is 2. The summed E-state index contributed by atoms with van der Waals surface area (Å²) in [5, 5.41) is 4.96. The first kappa shape index (κ1) is 25.3. The van der Waals surface area contributed by atoms with E-state index in [0.717, 1.165) is 42.3 Å². The van der Waals surface area contributed by atoms with Crippen LogP contribution in [0.3, 0.4) is 0 Å². The van der Waals surface area contributed by atoms with Gasteiger partial charge >= 0.3 is 0 Å². The van der Waals surface area contributed by atoms with Gasteiger partial charge in [0.25, 0.3) is 11.5 Å². The van der Waals surface area contributed by atoms with Gasteiger partial charge < -0.3 is 10.3 Å². The number of Topliss-reactive ketones (excluding diaryl/α,β-unsaturated/α-hetero) is 1. The number of aryl methyl sites for hydroxylation is 1. The number of carbonyl (C=O) groups is 2. The summed E-state index contributed by atoms with van der Waals surface area (Å²) in [6.07, 6.45) is 4.28. The molecule has 0 bridgehead atoms. The molecule has 1 saturated carbocycles. The normalized spacial score (nSPS) is 14.2. The first-order chi connectivity index (χ1) is 17.8. The Morgan fingerprint density at radius 2 is 1.89 bits per heavy atom. The molecule has 2 heterocycles. The van der Waals surface area contributed by atoms with Gasteiger partial charge in [0.1, 0.15) is 0 Å². The molecule has 1 fully saturated rings.